The van der Waals surface area contributed by atoms with Crippen LogP contribution in [-0.4, -0.2) is 32.3 Å². The molecule has 8 nitrogen and oxygen atoms in total. The second-order valence-corrected chi connectivity index (χ2v) is 7.08. The lowest BCUT2D eigenvalue weighted by Gasteiger charge is -2.11. The molecule has 0 aromatic carbocycles. The van der Waals surface area contributed by atoms with Gasteiger partial charge in [-0.2, -0.15) is 5.10 Å². The van der Waals surface area contributed by atoms with Gasteiger partial charge in [-0.25, -0.2) is 4.98 Å². The van der Waals surface area contributed by atoms with Crippen molar-refractivity contribution in [3.63, 3.8) is 0 Å². The molecule has 3 aromatic heterocycles. The average Bonchev–Trinajstić information content (AvgIpc) is 2.98. The Balaban J connectivity index is 1.66. The summed E-state index contributed by atoms with van der Waals surface area (Å²) in [4.78, 5) is 32.0. The summed E-state index contributed by atoms with van der Waals surface area (Å²) >= 11 is 0. The first-order valence-electron chi connectivity index (χ1n) is 9.80. The topological polar surface area (TPSA) is 102 Å². The summed E-state index contributed by atoms with van der Waals surface area (Å²) in [5.74, 6) is 0.413. The number of hydrogen-bond acceptors (Lipinski definition) is 5. The maximum Gasteiger partial charge on any atom is 0.253 e. The highest BCUT2D eigenvalue weighted by Crippen LogP contribution is 2.21. The van der Waals surface area contributed by atoms with E-state index in [2.05, 4.69) is 20.4 Å². The fraction of sp³-hybridized carbons (Fsp3) is 0.429. The molecule has 0 saturated carbocycles. The largest absolute Gasteiger partial charge is 0.477 e. The third-order valence-electron chi connectivity index (χ3n) is 4.93. The second kappa shape index (κ2) is 8.89. The van der Waals surface area contributed by atoms with Crippen LogP contribution in [0.3, 0.4) is 0 Å². The molecule has 0 bridgehead atoms. The number of rotatable bonds is 8. The maximum absolute atomic E-state index is 12.5. The van der Waals surface area contributed by atoms with Crippen LogP contribution in [0.15, 0.2) is 23.1 Å². The number of aryl methyl sites for hydroxylation is 3. The molecule has 1 amide bonds. The predicted molar refractivity (Wildman–Crippen MR) is 111 cm³/mol. The van der Waals surface area contributed by atoms with E-state index in [0.29, 0.717) is 36.7 Å². The molecule has 29 heavy (non-hydrogen) atoms. The van der Waals surface area contributed by atoms with Crippen molar-refractivity contribution in [1.29, 1.82) is 0 Å². The van der Waals surface area contributed by atoms with Crippen LogP contribution in [0.4, 0.5) is 0 Å². The van der Waals surface area contributed by atoms with Crippen LogP contribution in [0.2, 0.25) is 0 Å². The van der Waals surface area contributed by atoms with Gasteiger partial charge in [0.25, 0.3) is 5.56 Å². The molecular formula is C21H27N5O3. The minimum atomic E-state index is -0.173. The molecule has 0 aliphatic heterocycles. The Morgan fingerprint density at radius 2 is 2.14 bits per heavy atom. The second-order valence-electron chi connectivity index (χ2n) is 7.08. The van der Waals surface area contributed by atoms with Crippen LogP contribution in [0.25, 0.3) is 11.0 Å². The summed E-state index contributed by atoms with van der Waals surface area (Å²) in [6.45, 7) is 6.76. The number of H-pyrrole nitrogens is 1. The molecule has 3 aromatic rings. The van der Waals surface area contributed by atoms with Crippen LogP contribution in [0.5, 0.6) is 5.88 Å². The van der Waals surface area contributed by atoms with Crippen molar-refractivity contribution in [2.24, 2.45) is 7.05 Å². The van der Waals surface area contributed by atoms with Gasteiger partial charge in [0.05, 0.1) is 12.3 Å². The van der Waals surface area contributed by atoms with E-state index in [1.54, 1.807) is 17.9 Å². The first-order valence-corrected chi connectivity index (χ1v) is 9.80. The molecule has 0 fully saturated rings. The van der Waals surface area contributed by atoms with Gasteiger partial charge in [-0.15, -0.1) is 0 Å². The highest BCUT2D eigenvalue weighted by Gasteiger charge is 2.16. The van der Waals surface area contributed by atoms with Gasteiger partial charge in [-0.3, -0.25) is 14.3 Å². The van der Waals surface area contributed by atoms with E-state index in [-0.39, 0.29) is 17.9 Å². The molecule has 0 spiro atoms. The summed E-state index contributed by atoms with van der Waals surface area (Å²) in [5, 5.41) is 8.20. The van der Waals surface area contributed by atoms with Crippen molar-refractivity contribution in [3.8, 4) is 5.88 Å². The van der Waals surface area contributed by atoms with E-state index in [4.69, 9.17) is 4.74 Å². The predicted octanol–water partition coefficient (Wildman–Crippen LogP) is 2.31. The molecule has 2 N–H and O–H groups in total. The minimum Gasteiger partial charge on any atom is -0.477 e. The fourth-order valence-corrected chi connectivity index (χ4v) is 3.46. The van der Waals surface area contributed by atoms with Crippen molar-refractivity contribution < 1.29 is 9.53 Å². The lowest BCUT2D eigenvalue weighted by molar-refractivity contribution is -0.121. The highest BCUT2D eigenvalue weighted by molar-refractivity contribution is 5.83. The Hall–Kier alpha value is -3.16. The van der Waals surface area contributed by atoms with Crippen molar-refractivity contribution >= 4 is 16.9 Å². The van der Waals surface area contributed by atoms with Crippen molar-refractivity contribution in [2.75, 3.05) is 6.61 Å². The number of nitrogens with zero attached hydrogens (tertiary/aromatic N) is 3. The molecule has 0 atom stereocenters. The minimum absolute atomic E-state index is 0.128. The summed E-state index contributed by atoms with van der Waals surface area (Å²) in [7, 11) is 1.80. The van der Waals surface area contributed by atoms with Gasteiger partial charge in [0.2, 0.25) is 11.8 Å². The standard InChI is InChI=1S/C21H27N5O3/c1-5-11-29-21-15(7-6-10-22-21)12-23-17(27)9-8-16-13(2)18-14(3)25-26(4)19(18)24-20(16)28/h6-7,10H,5,8-9,11-12H2,1-4H3,(H,23,27)(H,24,28). The summed E-state index contributed by atoms with van der Waals surface area (Å²) in [6.07, 6.45) is 3.14. The Bertz CT molecular complexity index is 1080. The van der Waals surface area contributed by atoms with E-state index in [1.165, 1.54) is 0 Å². The molecule has 8 heteroatoms. The van der Waals surface area contributed by atoms with E-state index in [0.717, 1.165) is 28.6 Å². The van der Waals surface area contributed by atoms with Gasteiger partial charge >= 0.3 is 0 Å². The number of aromatic nitrogens is 4. The first-order chi connectivity index (χ1) is 13.9. The third-order valence-corrected chi connectivity index (χ3v) is 4.93. The number of nitrogens with one attached hydrogen (secondary N) is 2. The normalized spacial score (nSPS) is 11.0. The van der Waals surface area contributed by atoms with Crippen molar-refractivity contribution in [2.45, 2.75) is 46.6 Å². The fourth-order valence-electron chi connectivity index (χ4n) is 3.46. The summed E-state index contributed by atoms with van der Waals surface area (Å²) < 4.78 is 7.29. The molecule has 0 saturated heterocycles. The zero-order valence-electron chi connectivity index (χ0n) is 17.3. The SMILES string of the molecule is CCCOc1ncccc1CNC(=O)CCc1c(C)c2c(C)nn(C)c2[nH]c1=O. The average molecular weight is 397 g/mol. The maximum atomic E-state index is 12.5. The van der Waals surface area contributed by atoms with E-state index >= 15 is 0 Å². The lowest BCUT2D eigenvalue weighted by Crippen LogP contribution is -2.25. The number of aromatic amines is 1. The monoisotopic (exact) mass is 397 g/mol. The number of hydrogen-bond donors (Lipinski definition) is 2. The first kappa shape index (κ1) is 20.6. The third kappa shape index (κ3) is 4.47. The highest BCUT2D eigenvalue weighted by atomic mass is 16.5. The Morgan fingerprint density at radius 3 is 2.90 bits per heavy atom. The number of amides is 1. The number of ether oxygens (including phenoxy) is 1. The van der Waals surface area contributed by atoms with Crippen LogP contribution < -0.4 is 15.6 Å². The molecule has 154 valence electrons. The van der Waals surface area contributed by atoms with Crippen LogP contribution in [0, 0.1) is 13.8 Å². The van der Waals surface area contributed by atoms with Crippen LogP contribution in [-0.2, 0) is 24.8 Å². The molecule has 3 rings (SSSR count). The number of pyridine rings is 2. The van der Waals surface area contributed by atoms with Crippen molar-refractivity contribution in [3.05, 3.63) is 51.1 Å². The van der Waals surface area contributed by atoms with Gasteiger partial charge in [0, 0.05) is 42.7 Å². The lowest BCUT2D eigenvalue weighted by atomic mass is 10.0. The van der Waals surface area contributed by atoms with E-state index in [9.17, 15) is 9.59 Å². The van der Waals surface area contributed by atoms with Crippen LogP contribution >= 0.6 is 0 Å². The van der Waals surface area contributed by atoms with E-state index < -0.39 is 0 Å². The molecule has 0 radical (unpaired) electrons. The zero-order valence-corrected chi connectivity index (χ0v) is 17.3. The Kier molecular flexibility index (Phi) is 6.31. The van der Waals surface area contributed by atoms with Gasteiger partial charge in [0.15, 0.2) is 0 Å². The van der Waals surface area contributed by atoms with Gasteiger partial charge in [-0.1, -0.05) is 13.0 Å². The molecular weight excluding hydrogens is 370 g/mol. The van der Waals surface area contributed by atoms with Crippen molar-refractivity contribution in [1.82, 2.24) is 25.1 Å². The number of carbonyl (C=O) groups is 1. The molecule has 0 unspecified atom stereocenters. The summed E-state index contributed by atoms with van der Waals surface area (Å²) in [5.41, 5.74) is 3.72. The summed E-state index contributed by atoms with van der Waals surface area (Å²) in [6, 6.07) is 3.70. The zero-order chi connectivity index (χ0) is 21.0. The van der Waals surface area contributed by atoms with E-state index in [1.807, 2.05) is 32.9 Å². The van der Waals surface area contributed by atoms with Gasteiger partial charge in [0.1, 0.15) is 5.65 Å². The molecule has 3 heterocycles. The molecule has 0 aliphatic carbocycles. The number of carbonyl (C=O) groups excluding carboxylic acids is 1. The number of fused-ring (bicyclic) bond motifs is 1. The quantitative estimate of drug-likeness (QED) is 0.607. The van der Waals surface area contributed by atoms with Gasteiger partial charge in [-0.05, 0) is 38.3 Å². The molecule has 0 aliphatic rings. The Labute approximate surface area is 169 Å². The van der Waals surface area contributed by atoms with Crippen LogP contribution in [0.1, 0.15) is 42.1 Å². The smallest absolute Gasteiger partial charge is 0.253 e. The van der Waals surface area contributed by atoms with Gasteiger partial charge < -0.3 is 15.0 Å². The Morgan fingerprint density at radius 1 is 1.34 bits per heavy atom.